The third-order valence-corrected chi connectivity index (χ3v) is 5.14. The molecular formula is C17H23N3. The van der Waals surface area contributed by atoms with Gasteiger partial charge in [-0.3, -0.25) is 4.99 Å². The van der Waals surface area contributed by atoms with Crippen molar-refractivity contribution in [2.45, 2.75) is 50.6 Å². The highest BCUT2D eigenvalue weighted by atomic mass is 15.4. The van der Waals surface area contributed by atoms with Crippen LogP contribution < -0.4 is 5.32 Å². The van der Waals surface area contributed by atoms with E-state index in [0.717, 1.165) is 13.1 Å². The van der Waals surface area contributed by atoms with Crippen LogP contribution in [0.5, 0.6) is 0 Å². The molecule has 3 heteroatoms. The maximum Gasteiger partial charge on any atom is 0.194 e. The summed E-state index contributed by atoms with van der Waals surface area (Å²) in [5, 5.41) is 3.65. The average molecular weight is 269 g/mol. The average Bonchev–Trinajstić information content (AvgIpc) is 2.86. The van der Waals surface area contributed by atoms with Gasteiger partial charge in [-0.25, -0.2) is 0 Å². The molecule has 0 radical (unpaired) electrons. The fourth-order valence-corrected chi connectivity index (χ4v) is 3.96. The van der Waals surface area contributed by atoms with Crippen molar-refractivity contribution in [3.8, 4) is 0 Å². The van der Waals surface area contributed by atoms with Crippen molar-refractivity contribution in [1.29, 1.82) is 0 Å². The summed E-state index contributed by atoms with van der Waals surface area (Å²) < 4.78 is 0. The molecule has 106 valence electrons. The molecule has 1 aromatic carbocycles. The number of guanidine groups is 1. The van der Waals surface area contributed by atoms with E-state index in [1.807, 2.05) is 0 Å². The minimum atomic E-state index is 0.557. The van der Waals surface area contributed by atoms with E-state index < -0.39 is 0 Å². The number of hydrogen-bond acceptors (Lipinski definition) is 3. The second kappa shape index (κ2) is 4.80. The zero-order valence-electron chi connectivity index (χ0n) is 12.2. The molecular weight excluding hydrogens is 246 g/mol. The minimum Gasteiger partial charge on any atom is -0.351 e. The first-order valence-electron chi connectivity index (χ1n) is 7.95. The third kappa shape index (κ3) is 2.00. The Hall–Kier alpha value is -1.51. The molecule has 4 rings (SSSR count). The van der Waals surface area contributed by atoms with Crippen LogP contribution in [0.4, 0.5) is 0 Å². The monoisotopic (exact) mass is 269 g/mol. The summed E-state index contributed by atoms with van der Waals surface area (Å²) in [6, 6.07) is 10.3. The van der Waals surface area contributed by atoms with Crippen LogP contribution in [0.25, 0.3) is 0 Å². The molecule has 3 aliphatic rings. The third-order valence-electron chi connectivity index (χ3n) is 5.14. The summed E-state index contributed by atoms with van der Waals surface area (Å²) in [4.78, 5) is 7.38. The molecule has 0 amide bonds. The Balaban J connectivity index is 1.56. The Morgan fingerprint density at radius 3 is 2.80 bits per heavy atom. The Morgan fingerprint density at radius 1 is 1.15 bits per heavy atom. The van der Waals surface area contributed by atoms with Crippen molar-refractivity contribution in [3.05, 3.63) is 35.4 Å². The fourth-order valence-electron chi connectivity index (χ4n) is 3.96. The van der Waals surface area contributed by atoms with Crippen molar-refractivity contribution < 1.29 is 0 Å². The summed E-state index contributed by atoms with van der Waals surface area (Å²) in [5.41, 5.74) is 2.78. The molecule has 2 aliphatic heterocycles. The smallest absolute Gasteiger partial charge is 0.194 e. The summed E-state index contributed by atoms with van der Waals surface area (Å²) in [6.45, 7) is 4.22. The quantitative estimate of drug-likeness (QED) is 0.849. The number of aryl methyl sites for hydroxylation is 1. The highest BCUT2D eigenvalue weighted by Crippen LogP contribution is 2.32. The first-order valence-corrected chi connectivity index (χ1v) is 7.95. The topological polar surface area (TPSA) is 27.6 Å². The van der Waals surface area contributed by atoms with Gasteiger partial charge >= 0.3 is 0 Å². The molecule has 0 spiro atoms. The molecule has 1 saturated heterocycles. The van der Waals surface area contributed by atoms with Crippen LogP contribution in [0, 0.1) is 6.92 Å². The molecule has 1 aromatic rings. The highest BCUT2D eigenvalue weighted by Gasteiger charge is 2.41. The lowest BCUT2D eigenvalue weighted by Gasteiger charge is -2.35. The first-order chi connectivity index (χ1) is 9.81. The summed E-state index contributed by atoms with van der Waals surface area (Å²) in [7, 11) is 0. The van der Waals surface area contributed by atoms with Gasteiger partial charge in [-0.15, -0.1) is 0 Å². The van der Waals surface area contributed by atoms with Crippen molar-refractivity contribution in [3.63, 3.8) is 0 Å². The molecule has 3 atom stereocenters. The van der Waals surface area contributed by atoms with E-state index in [1.165, 1.54) is 42.8 Å². The molecule has 20 heavy (non-hydrogen) atoms. The zero-order chi connectivity index (χ0) is 13.5. The molecule has 2 fully saturated rings. The number of nitrogens with zero attached hydrogens (tertiary/aromatic N) is 2. The summed E-state index contributed by atoms with van der Waals surface area (Å²) in [5.74, 6) is 1.73. The van der Waals surface area contributed by atoms with Crippen LogP contribution in [-0.2, 0) is 0 Å². The van der Waals surface area contributed by atoms with Gasteiger partial charge in [0.1, 0.15) is 0 Å². The number of fused-ring (bicyclic) bond motifs is 3. The van der Waals surface area contributed by atoms with Crippen molar-refractivity contribution in [1.82, 2.24) is 10.2 Å². The van der Waals surface area contributed by atoms with E-state index >= 15 is 0 Å². The van der Waals surface area contributed by atoms with E-state index in [-0.39, 0.29) is 0 Å². The van der Waals surface area contributed by atoms with E-state index in [4.69, 9.17) is 4.99 Å². The van der Waals surface area contributed by atoms with Gasteiger partial charge in [-0.1, -0.05) is 42.7 Å². The second-order valence-corrected chi connectivity index (χ2v) is 6.53. The maximum atomic E-state index is 4.83. The van der Waals surface area contributed by atoms with Crippen molar-refractivity contribution in [2.24, 2.45) is 4.99 Å². The zero-order valence-corrected chi connectivity index (χ0v) is 12.2. The largest absolute Gasteiger partial charge is 0.351 e. The van der Waals surface area contributed by atoms with Gasteiger partial charge in [0.25, 0.3) is 0 Å². The van der Waals surface area contributed by atoms with Gasteiger partial charge in [-0.2, -0.15) is 0 Å². The lowest BCUT2D eigenvalue weighted by molar-refractivity contribution is 0.234. The number of benzene rings is 1. The number of hydrogen-bond donors (Lipinski definition) is 1. The molecule has 1 aliphatic carbocycles. The Bertz CT molecular complexity index is 520. The van der Waals surface area contributed by atoms with Crippen LogP contribution in [-0.4, -0.2) is 36.0 Å². The van der Waals surface area contributed by atoms with E-state index in [2.05, 4.69) is 41.4 Å². The summed E-state index contributed by atoms with van der Waals surface area (Å²) in [6.07, 6.45) is 5.39. The predicted octanol–water partition coefficient (Wildman–Crippen LogP) is 2.66. The Kier molecular flexibility index (Phi) is 2.94. The van der Waals surface area contributed by atoms with Gasteiger partial charge < -0.3 is 10.2 Å². The van der Waals surface area contributed by atoms with Crippen LogP contribution in [0.3, 0.4) is 0 Å². The standard InChI is InChI=1S/C17H23N3/c1-12-6-8-13(9-7-12)14-10-18-17-19-15-4-2-3-5-16(15)20(17)11-14/h6-9,14-16H,2-5,10-11H2,1H3,(H,18,19). The Labute approximate surface area is 121 Å². The first kappa shape index (κ1) is 12.2. The minimum absolute atomic E-state index is 0.557. The maximum absolute atomic E-state index is 4.83. The van der Waals surface area contributed by atoms with Gasteiger partial charge in [0, 0.05) is 18.5 Å². The highest BCUT2D eigenvalue weighted by molar-refractivity contribution is 5.84. The van der Waals surface area contributed by atoms with E-state index in [0.29, 0.717) is 18.0 Å². The molecule has 3 nitrogen and oxygen atoms in total. The van der Waals surface area contributed by atoms with E-state index in [1.54, 1.807) is 0 Å². The van der Waals surface area contributed by atoms with Crippen LogP contribution in [0.1, 0.15) is 42.7 Å². The van der Waals surface area contributed by atoms with Crippen LogP contribution in [0.15, 0.2) is 29.3 Å². The molecule has 3 unspecified atom stereocenters. The van der Waals surface area contributed by atoms with Gasteiger partial charge in [0.15, 0.2) is 5.96 Å². The second-order valence-electron chi connectivity index (χ2n) is 6.53. The number of rotatable bonds is 1. The lowest BCUT2D eigenvalue weighted by atomic mass is 9.89. The van der Waals surface area contributed by atoms with Crippen LogP contribution in [0.2, 0.25) is 0 Å². The van der Waals surface area contributed by atoms with Crippen molar-refractivity contribution >= 4 is 5.96 Å². The Morgan fingerprint density at radius 2 is 1.95 bits per heavy atom. The lowest BCUT2D eigenvalue weighted by Crippen LogP contribution is -2.43. The molecule has 2 heterocycles. The molecule has 0 bridgehead atoms. The van der Waals surface area contributed by atoms with Gasteiger partial charge in [0.2, 0.25) is 0 Å². The molecule has 1 N–H and O–H groups in total. The van der Waals surface area contributed by atoms with Gasteiger partial charge in [-0.05, 0) is 25.3 Å². The number of aliphatic imine (C=N–C) groups is 1. The fraction of sp³-hybridized carbons (Fsp3) is 0.588. The summed E-state index contributed by atoms with van der Waals surface area (Å²) >= 11 is 0. The van der Waals surface area contributed by atoms with E-state index in [9.17, 15) is 0 Å². The SMILES string of the molecule is Cc1ccc(C2CN=C3NC4CCCCC4N3C2)cc1. The predicted molar refractivity (Wildman–Crippen MR) is 82.1 cm³/mol. The van der Waals surface area contributed by atoms with Crippen LogP contribution >= 0.6 is 0 Å². The number of nitrogens with one attached hydrogen (secondary N) is 1. The molecule has 0 aromatic heterocycles. The van der Waals surface area contributed by atoms with Gasteiger partial charge in [0.05, 0.1) is 12.6 Å². The normalized spacial score (nSPS) is 32.1. The van der Waals surface area contributed by atoms with Crippen molar-refractivity contribution in [2.75, 3.05) is 13.1 Å². The molecule has 1 saturated carbocycles.